The van der Waals surface area contributed by atoms with Gasteiger partial charge in [-0.15, -0.1) is 0 Å². The lowest BCUT2D eigenvalue weighted by molar-refractivity contribution is 0.0532. The lowest BCUT2D eigenvalue weighted by Gasteiger charge is -2.34. The third-order valence-electron chi connectivity index (χ3n) is 5.31. The SMILES string of the molecule is Cc1ccc(C(=O)N2CCN(C(=O)c3cc(-c4ccc(C)cc4)n[nH]3)CC2)cc1. The summed E-state index contributed by atoms with van der Waals surface area (Å²) in [6, 6.07) is 17.4. The number of amides is 2. The monoisotopic (exact) mass is 388 g/mol. The molecule has 0 atom stereocenters. The van der Waals surface area contributed by atoms with Crippen LogP contribution in [-0.4, -0.2) is 58.0 Å². The summed E-state index contributed by atoms with van der Waals surface area (Å²) in [5.74, 6) is -0.0707. The lowest BCUT2D eigenvalue weighted by atomic mass is 10.1. The van der Waals surface area contributed by atoms with Crippen molar-refractivity contribution >= 4 is 11.8 Å². The molecule has 0 bridgehead atoms. The summed E-state index contributed by atoms with van der Waals surface area (Å²) in [4.78, 5) is 29.1. The highest BCUT2D eigenvalue weighted by Gasteiger charge is 2.26. The minimum Gasteiger partial charge on any atom is -0.335 e. The molecular formula is C23H24N4O2. The Morgan fingerprint density at radius 2 is 1.31 bits per heavy atom. The van der Waals surface area contributed by atoms with Crippen molar-refractivity contribution in [3.05, 3.63) is 77.0 Å². The van der Waals surface area contributed by atoms with Gasteiger partial charge in [0.15, 0.2) is 0 Å². The van der Waals surface area contributed by atoms with E-state index < -0.39 is 0 Å². The van der Waals surface area contributed by atoms with E-state index >= 15 is 0 Å². The molecule has 29 heavy (non-hydrogen) atoms. The Bertz CT molecular complexity index is 1010. The Hall–Kier alpha value is -3.41. The predicted octanol–water partition coefficient (Wildman–Crippen LogP) is 3.29. The number of aromatic amines is 1. The number of nitrogens with one attached hydrogen (secondary N) is 1. The molecule has 0 spiro atoms. The molecule has 0 unspecified atom stereocenters. The van der Waals surface area contributed by atoms with Crippen molar-refractivity contribution in [1.29, 1.82) is 0 Å². The largest absolute Gasteiger partial charge is 0.335 e. The van der Waals surface area contributed by atoms with Crippen LogP contribution in [-0.2, 0) is 0 Å². The summed E-state index contributed by atoms with van der Waals surface area (Å²) in [5.41, 5.74) is 5.19. The molecule has 1 saturated heterocycles. The Labute approximate surface area is 170 Å². The number of H-pyrrole nitrogens is 1. The minimum absolute atomic E-state index is 0.0142. The van der Waals surface area contributed by atoms with Gasteiger partial charge in [0, 0.05) is 37.3 Å². The number of aryl methyl sites for hydroxylation is 2. The van der Waals surface area contributed by atoms with E-state index in [1.54, 1.807) is 15.9 Å². The van der Waals surface area contributed by atoms with E-state index in [9.17, 15) is 9.59 Å². The first-order valence-electron chi connectivity index (χ1n) is 9.79. The predicted molar refractivity (Wildman–Crippen MR) is 112 cm³/mol. The molecule has 1 N–H and O–H groups in total. The summed E-state index contributed by atoms with van der Waals surface area (Å²) in [6.07, 6.45) is 0. The van der Waals surface area contributed by atoms with Gasteiger partial charge >= 0.3 is 0 Å². The number of hydrogen-bond acceptors (Lipinski definition) is 3. The normalized spacial score (nSPS) is 14.1. The lowest BCUT2D eigenvalue weighted by Crippen LogP contribution is -2.50. The number of rotatable bonds is 3. The Kier molecular flexibility index (Phi) is 5.16. The highest BCUT2D eigenvalue weighted by Crippen LogP contribution is 2.19. The number of nitrogens with zero attached hydrogens (tertiary/aromatic N) is 3. The van der Waals surface area contributed by atoms with E-state index in [1.165, 1.54) is 5.56 Å². The molecule has 148 valence electrons. The zero-order valence-electron chi connectivity index (χ0n) is 16.7. The fourth-order valence-electron chi connectivity index (χ4n) is 3.47. The van der Waals surface area contributed by atoms with E-state index in [0.717, 1.165) is 16.8 Å². The van der Waals surface area contributed by atoms with Gasteiger partial charge in [-0.05, 0) is 32.0 Å². The van der Waals surface area contributed by atoms with Crippen molar-refractivity contribution < 1.29 is 9.59 Å². The Balaban J connectivity index is 1.38. The van der Waals surface area contributed by atoms with E-state index in [0.29, 0.717) is 37.4 Å². The average Bonchev–Trinajstić information content (AvgIpc) is 3.24. The van der Waals surface area contributed by atoms with E-state index in [1.807, 2.05) is 62.4 Å². The molecule has 1 fully saturated rings. The molecular weight excluding hydrogens is 364 g/mol. The van der Waals surface area contributed by atoms with Gasteiger partial charge in [0.1, 0.15) is 5.69 Å². The topological polar surface area (TPSA) is 69.3 Å². The number of carbonyl (C=O) groups excluding carboxylic acids is 2. The molecule has 6 nitrogen and oxygen atoms in total. The number of hydrogen-bond donors (Lipinski definition) is 1. The highest BCUT2D eigenvalue weighted by atomic mass is 16.2. The van der Waals surface area contributed by atoms with E-state index in [-0.39, 0.29) is 11.8 Å². The Morgan fingerprint density at radius 3 is 1.90 bits per heavy atom. The number of aromatic nitrogens is 2. The maximum absolute atomic E-state index is 12.8. The molecule has 2 aromatic carbocycles. The summed E-state index contributed by atoms with van der Waals surface area (Å²) >= 11 is 0. The molecule has 3 aromatic rings. The molecule has 0 radical (unpaired) electrons. The summed E-state index contributed by atoms with van der Waals surface area (Å²) in [7, 11) is 0. The Morgan fingerprint density at radius 1 is 0.793 bits per heavy atom. The molecule has 1 aliphatic heterocycles. The quantitative estimate of drug-likeness (QED) is 0.749. The zero-order valence-corrected chi connectivity index (χ0v) is 16.7. The standard InChI is InChI=1S/C23H24N4O2/c1-16-3-7-18(8-4-16)20-15-21(25-24-20)23(29)27-13-11-26(12-14-27)22(28)19-9-5-17(2)6-10-19/h3-10,15H,11-14H2,1-2H3,(H,24,25). The van der Waals surface area contributed by atoms with Gasteiger partial charge in [0.25, 0.3) is 11.8 Å². The number of benzene rings is 2. The van der Waals surface area contributed by atoms with Crippen LogP contribution in [0.5, 0.6) is 0 Å². The summed E-state index contributed by atoms with van der Waals surface area (Å²) in [6.45, 7) is 6.10. The van der Waals surface area contributed by atoms with Gasteiger partial charge in [-0.2, -0.15) is 5.10 Å². The van der Waals surface area contributed by atoms with Gasteiger partial charge < -0.3 is 9.80 Å². The first kappa shape index (κ1) is 18.9. The molecule has 4 rings (SSSR count). The molecule has 0 aliphatic carbocycles. The van der Waals surface area contributed by atoms with Crippen LogP contribution in [0.1, 0.15) is 32.0 Å². The maximum Gasteiger partial charge on any atom is 0.272 e. The van der Waals surface area contributed by atoms with Crippen LogP contribution in [0.25, 0.3) is 11.3 Å². The van der Waals surface area contributed by atoms with Crippen LogP contribution in [0.2, 0.25) is 0 Å². The van der Waals surface area contributed by atoms with Gasteiger partial charge in [-0.25, -0.2) is 0 Å². The molecule has 2 heterocycles. The van der Waals surface area contributed by atoms with Gasteiger partial charge in [0.05, 0.1) is 5.69 Å². The maximum atomic E-state index is 12.8. The van der Waals surface area contributed by atoms with Crippen LogP contribution >= 0.6 is 0 Å². The first-order valence-corrected chi connectivity index (χ1v) is 9.79. The fourth-order valence-corrected chi connectivity index (χ4v) is 3.47. The zero-order chi connectivity index (χ0) is 20.4. The summed E-state index contributed by atoms with van der Waals surface area (Å²) in [5, 5.41) is 7.14. The third kappa shape index (κ3) is 4.06. The van der Waals surface area contributed by atoms with E-state index in [4.69, 9.17) is 0 Å². The van der Waals surface area contributed by atoms with Gasteiger partial charge in [0.2, 0.25) is 0 Å². The van der Waals surface area contributed by atoms with Crippen molar-refractivity contribution in [2.75, 3.05) is 26.2 Å². The number of piperazine rings is 1. The summed E-state index contributed by atoms with van der Waals surface area (Å²) < 4.78 is 0. The second-order valence-electron chi connectivity index (χ2n) is 7.48. The van der Waals surface area contributed by atoms with Crippen LogP contribution in [0.4, 0.5) is 0 Å². The second-order valence-corrected chi connectivity index (χ2v) is 7.48. The van der Waals surface area contributed by atoms with Crippen LogP contribution < -0.4 is 0 Å². The minimum atomic E-state index is -0.0849. The smallest absolute Gasteiger partial charge is 0.272 e. The third-order valence-corrected chi connectivity index (χ3v) is 5.31. The second kappa shape index (κ2) is 7.91. The van der Waals surface area contributed by atoms with E-state index in [2.05, 4.69) is 10.2 Å². The highest BCUT2D eigenvalue weighted by molar-refractivity contribution is 5.95. The fraction of sp³-hybridized carbons (Fsp3) is 0.261. The van der Waals surface area contributed by atoms with Crippen molar-refractivity contribution in [1.82, 2.24) is 20.0 Å². The number of carbonyl (C=O) groups is 2. The molecule has 0 saturated carbocycles. The molecule has 1 aromatic heterocycles. The molecule has 6 heteroatoms. The van der Waals surface area contributed by atoms with Crippen molar-refractivity contribution in [3.63, 3.8) is 0 Å². The van der Waals surface area contributed by atoms with Crippen LogP contribution in [0.15, 0.2) is 54.6 Å². The molecule has 1 aliphatic rings. The van der Waals surface area contributed by atoms with Crippen molar-refractivity contribution in [3.8, 4) is 11.3 Å². The van der Waals surface area contributed by atoms with Crippen LogP contribution in [0, 0.1) is 13.8 Å². The van der Waals surface area contributed by atoms with Gasteiger partial charge in [-0.1, -0.05) is 47.5 Å². The van der Waals surface area contributed by atoms with Crippen molar-refractivity contribution in [2.24, 2.45) is 0 Å². The van der Waals surface area contributed by atoms with Crippen molar-refractivity contribution in [2.45, 2.75) is 13.8 Å². The average molecular weight is 388 g/mol. The van der Waals surface area contributed by atoms with Gasteiger partial charge in [-0.3, -0.25) is 14.7 Å². The first-order chi connectivity index (χ1) is 14.0. The molecule has 2 amide bonds. The van der Waals surface area contributed by atoms with Crippen LogP contribution in [0.3, 0.4) is 0 Å².